The van der Waals surface area contributed by atoms with Crippen LogP contribution in [0.25, 0.3) is 0 Å². The fourth-order valence-corrected chi connectivity index (χ4v) is 3.95. The molecule has 4 nitrogen and oxygen atoms in total. The third-order valence-electron chi connectivity index (χ3n) is 5.75. The van der Waals surface area contributed by atoms with Crippen LogP contribution in [0.15, 0.2) is 48.5 Å². The molecule has 5 heteroatoms. The standard InChI is InChI=1S/C22H26FN3O/c1-2-25-11-13-26(14-12-25)21-6-4-3-5-20(21)24-22(27)19-15-18(19)16-7-9-17(23)10-8-16/h3-10,18-19H,2,11-15H2,1H3,(H,24,27). The minimum atomic E-state index is -0.238. The van der Waals surface area contributed by atoms with Gasteiger partial charge < -0.3 is 15.1 Å². The second kappa shape index (κ2) is 7.69. The number of hydrogen-bond donors (Lipinski definition) is 1. The first-order chi connectivity index (χ1) is 13.2. The largest absolute Gasteiger partial charge is 0.367 e. The summed E-state index contributed by atoms with van der Waals surface area (Å²) in [6.07, 6.45) is 0.828. The number of anilines is 2. The van der Waals surface area contributed by atoms with Crippen LogP contribution in [-0.2, 0) is 4.79 Å². The van der Waals surface area contributed by atoms with Gasteiger partial charge >= 0.3 is 0 Å². The summed E-state index contributed by atoms with van der Waals surface area (Å²) < 4.78 is 13.1. The second-order valence-electron chi connectivity index (χ2n) is 7.43. The number of benzene rings is 2. The number of amides is 1. The normalized spacial score (nSPS) is 22.5. The topological polar surface area (TPSA) is 35.6 Å². The molecular formula is C22H26FN3O. The fourth-order valence-electron chi connectivity index (χ4n) is 3.95. The summed E-state index contributed by atoms with van der Waals surface area (Å²) >= 11 is 0. The van der Waals surface area contributed by atoms with Crippen LogP contribution in [0.4, 0.5) is 15.8 Å². The summed E-state index contributed by atoms with van der Waals surface area (Å²) in [6, 6.07) is 14.6. The predicted molar refractivity (Wildman–Crippen MR) is 107 cm³/mol. The van der Waals surface area contributed by atoms with E-state index < -0.39 is 0 Å². The van der Waals surface area contributed by atoms with Gasteiger partial charge in [0.15, 0.2) is 0 Å². The van der Waals surface area contributed by atoms with Crippen molar-refractivity contribution in [3.8, 4) is 0 Å². The van der Waals surface area contributed by atoms with Crippen molar-refractivity contribution in [2.75, 3.05) is 42.9 Å². The third-order valence-corrected chi connectivity index (χ3v) is 5.75. The molecule has 1 aliphatic heterocycles. The van der Waals surface area contributed by atoms with Gasteiger partial charge in [0.1, 0.15) is 5.82 Å². The van der Waals surface area contributed by atoms with Gasteiger partial charge in [-0.3, -0.25) is 4.79 Å². The number of likely N-dealkylation sites (N-methyl/N-ethyl adjacent to an activating group) is 1. The lowest BCUT2D eigenvalue weighted by Gasteiger charge is -2.36. The highest BCUT2D eigenvalue weighted by Crippen LogP contribution is 2.48. The summed E-state index contributed by atoms with van der Waals surface area (Å²) in [5.41, 5.74) is 3.03. The summed E-state index contributed by atoms with van der Waals surface area (Å²) in [6.45, 7) is 7.32. The minimum Gasteiger partial charge on any atom is -0.367 e. The van der Waals surface area contributed by atoms with Crippen LogP contribution >= 0.6 is 0 Å². The van der Waals surface area contributed by atoms with Crippen molar-refractivity contribution in [2.45, 2.75) is 19.3 Å². The van der Waals surface area contributed by atoms with Gasteiger partial charge in [-0.25, -0.2) is 4.39 Å². The maximum atomic E-state index is 13.1. The summed E-state index contributed by atoms with van der Waals surface area (Å²) in [5, 5.41) is 3.14. The zero-order chi connectivity index (χ0) is 18.8. The highest BCUT2D eigenvalue weighted by molar-refractivity contribution is 5.98. The van der Waals surface area contributed by atoms with Gasteiger partial charge in [0.2, 0.25) is 5.91 Å². The Hall–Kier alpha value is -2.40. The van der Waals surface area contributed by atoms with Crippen LogP contribution in [0.5, 0.6) is 0 Å². The molecule has 4 rings (SSSR count). The Kier molecular flexibility index (Phi) is 5.12. The maximum absolute atomic E-state index is 13.1. The third kappa shape index (κ3) is 3.98. The molecule has 0 bridgehead atoms. The quantitative estimate of drug-likeness (QED) is 0.875. The van der Waals surface area contributed by atoms with Gasteiger partial charge in [-0.1, -0.05) is 31.2 Å². The van der Waals surface area contributed by atoms with Crippen molar-refractivity contribution in [2.24, 2.45) is 5.92 Å². The number of piperazine rings is 1. The van der Waals surface area contributed by atoms with E-state index in [-0.39, 0.29) is 23.6 Å². The number of rotatable bonds is 5. The molecule has 2 aromatic carbocycles. The highest BCUT2D eigenvalue weighted by Gasteiger charge is 2.44. The number of nitrogens with zero attached hydrogens (tertiary/aromatic N) is 2. The van der Waals surface area contributed by atoms with Crippen LogP contribution < -0.4 is 10.2 Å². The first-order valence-electron chi connectivity index (χ1n) is 9.78. The van der Waals surface area contributed by atoms with E-state index in [2.05, 4.69) is 28.1 Å². The number of carbonyl (C=O) groups excluding carboxylic acids is 1. The molecule has 1 heterocycles. The van der Waals surface area contributed by atoms with E-state index in [1.54, 1.807) is 12.1 Å². The molecule has 27 heavy (non-hydrogen) atoms. The van der Waals surface area contributed by atoms with Gasteiger partial charge in [0.05, 0.1) is 11.4 Å². The van der Waals surface area contributed by atoms with E-state index in [4.69, 9.17) is 0 Å². The predicted octanol–water partition coefficient (Wildman–Crippen LogP) is 3.71. The zero-order valence-electron chi connectivity index (χ0n) is 15.7. The van der Waals surface area contributed by atoms with Crippen molar-refractivity contribution < 1.29 is 9.18 Å². The Bertz CT molecular complexity index is 799. The van der Waals surface area contributed by atoms with E-state index in [0.29, 0.717) is 0 Å². The minimum absolute atomic E-state index is 0.0274. The number of hydrogen-bond acceptors (Lipinski definition) is 3. The lowest BCUT2D eigenvalue weighted by Crippen LogP contribution is -2.46. The molecule has 1 N–H and O–H groups in total. The van der Waals surface area contributed by atoms with E-state index in [9.17, 15) is 9.18 Å². The Morgan fingerprint density at radius 1 is 1.07 bits per heavy atom. The summed E-state index contributed by atoms with van der Waals surface area (Å²) in [7, 11) is 0. The van der Waals surface area contributed by atoms with E-state index in [1.165, 1.54) is 12.1 Å². The lowest BCUT2D eigenvalue weighted by molar-refractivity contribution is -0.117. The van der Waals surface area contributed by atoms with Crippen LogP contribution in [0.1, 0.15) is 24.8 Å². The second-order valence-corrected chi connectivity index (χ2v) is 7.43. The number of para-hydroxylation sites is 2. The van der Waals surface area contributed by atoms with Gasteiger partial charge in [-0.15, -0.1) is 0 Å². The highest BCUT2D eigenvalue weighted by atomic mass is 19.1. The fraction of sp³-hybridized carbons (Fsp3) is 0.409. The van der Waals surface area contributed by atoms with Gasteiger partial charge in [-0.05, 0) is 48.7 Å². The molecule has 1 saturated heterocycles. The molecule has 2 atom stereocenters. The van der Waals surface area contributed by atoms with Crippen molar-refractivity contribution in [3.05, 3.63) is 59.9 Å². The molecule has 1 aliphatic carbocycles. The van der Waals surface area contributed by atoms with E-state index in [0.717, 1.165) is 56.1 Å². The van der Waals surface area contributed by atoms with Crippen molar-refractivity contribution in [3.63, 3.8) is 0 Å². The number of carbonyl (C=O) groups is 1. The summed E-state index contributed by atoms with van der Waals surface area (Å²) in [4.78, 5) is 17.5. The van der Waals surface area contributed by atoms with Gasteiger partial charge in [-0.2, -0.15) is 0 Å². The molecule has 1 amide bonds. The van der Waals surface area contributed by atoms with Crippen molar-refractivity contribution >= 4 is 17.3 Å². The summed E-state index contributed by atoms with van der Waals surface area (Å²) in [5.74, 6) is -0.00668. The molecular weight excluding hydrogens is 341 g/mol. The number of halogens is 1. The van der Waals surface area contributed by atoms with Crippen LogP contribution in [0.3, 0.4) is 0 Å². The Morgan fingerprint density at radius 3 is 2.48 bits per heavy atom. The molecule has 1 saturated carbocycles. The molecule has 2 fully saturated rings. The van der Waals surface area contributed by atoms with E-state index in [1.807, 2.05) is 18.2 Å². The average Bonchev–Trinajstić information content (AvgIpc) is 3.50. The smallest absolute Gasteiger partial charge is 0.228 e. The monoisotopic (exact) mass is 367 g/mol. The Balaban J connectivity index is 1.41. The van der Waals surface area contributed by atoms with Gasteiger partial charge in [0, 0.05) is 32.1 Å². The first-order valence-corrected chi connectivity index (χ1v) is 9.78. The van der Waals surface area contributed by atoms with Crippen LogP contribution in [0, 0.1) is 11.7 Å². The zero-order valence-corrected chi connectivity index (χ0v) is 15.7. The SMILES string of the molecule is CCN1CCN(c2ccccc2NC(=O)C2CC2c2ccc(F)cc2)CC1. The molecule has 0 radical (unpaired) electrons. The van der Waals surface area contributed by atoms with Crippen LogP contribution in [-0.4, -0.2) is 43.5 Å². The van der Waals surface area contributed by atoms with Crippen molar-refractivity contribution in [1.29, 1.82) is 0 Å². The molecule has 142 valence electrons. The molecule has 0 spiro atoms. The maximum Gasteiger partial charge on any atom is 0.228 e. The average molecular weight is 367 g/mol. The van der Waals surface area contributed by atoms with Gasteiger partial charge in [0.25, 0.3) is 0 Å². The first kappa shape index (κ1) is 18.0. The van der Waals surface area contributed by atoms with E-state index >= 15 is 0 Å². The molecule has 2 aliphatic rings. The Morgan fingerprint density at radius 2 is 1.78 bits per heavy atom. The van der Waals surface area contributed by atoms with Crippen LogP contribution in [0.2, 0.25) is 0 Å². The molecule has 2 unspecified atom stereocenters. The van der Waals surface area contributed by atoms with Crippen molar-refractivity contribution in [1.82, 2.24) is 4.90 Å². The molecule has 0 aromatic heterocycles. The lowest BCUT2D eigenvalue weighted by atomic mass is 10.1. The Labute approximate surface area is 160 Å². The number of nitrogens with one attached hydrogen (secondary N) is 1. The molecule has 2 aromatic rings.